The minimum Gasteiger partial charge on any atom is -0.508 e. The summed E-state index contributed by atoms with van der Waals surface area (Å²) in [6.07, 6.45) is 2.49. The Morgan fingerprint density at radius 2 is 1.95 bits per heavy atom. The number of benzene rings is 1. The average molecular weight is 295 g/mol. The lowest BCUT2D eigenvalue weighted by Gasteiger charge is -2.21. The lowest BCUT2D eigenvalue weighted by molar-refractivity contribution is 0.343. The van der Waals surface area contributed by atoms with Crippen LogP contribution in [0.1, 0.15) is 32.2 Å². The molecule has 0 radical (unpaired) electrons. The van der Waals surface area contributed by atoms with Gasteiger partial charge in [-0.1, -0.05) is 32.9 Å². The Kier molecular flexibility index (Phi) is 3.61. The molecule has 0 saturated carbocycles. The van der Waals surface area contributed by atoms with Crippen molar-refractivity contribution in [3.63, 3.8) is 0 Å². The van der Waals surface area contributed by atoms with Crippen molar-refractivity contribution in [3.8, 4) is 5.75 Å². The van der Waals surface area contributed by atoms with E-state index in [9.17, 15) is 5.11 Å². The molecule has 0 bridgehead atoms. The number of hydrogen-bond acceptors (Lipinski definition) is 3. The molecule has 0 aliphatic carbocycles. The number of pyridine rings is 1. The maximum absolute atomic E-state index is 9.65. The number of rotatable bonds is 3. The van der Waals surface area contributed by atoms with Crippen molar-refractivity contribution in [1.29, 1.82) is 0 Å². The largest absolute Gasteiger partial charge is 0.508 e. The molecule has 0 fully saturated rings. The Hall–Kier alpha value is -2.36. The number of aromatic nitrogens is 3. The molecule has 0 amide bonds. The fraction of sp³-hybridized carbons (Fsp3) is 0.333. The number of imidazole rings is 1. The second-order valence-electron chi connectivity index (χ2n) is 6.87. The molecule has 3 rings (SSSR count). The van der Waals surface area contributed by atoms with Crippen molar-refractivity contribution in [1.82, 2.24) is 14.5 Å². The van der Waals surface area contributed by atoms with E-state index in [2.05, 4.69) is 30.3 Å². The maximum atomic E-state index is 9.65. The van der Waals surface area contributed by atoms with Crippen molar-refractivity contribution in [2.75, 3.05) is 0 Å². The normalized spacial score (nSPS) is 12.0. The third-order valence-corrected chi connectivity index (χ3v) is 3.49. The number of fused-ring (bicyclic) bond motifs is 1. The van der Waals surface area contributed by atoms with Gasteiger partial charge in [-0.05, 0) is 35.2 Å². The van der Waals surface area contributed by atoms with Gasteiger partial charge in [-0.25, -0.2) is 9.97 Å². The molecule has 3 aromatic rings. The van der Waals surface area contributed by atoms with Gasteiger partial charge in [0.05, 0.1) is 0 Å². The number of hydrogen-bond donors (Lipinski definition) is 1. The Bertz CT molecular complexity index is 799. The van der Waals surface area contributed by atoms with Crippen molar-refractivity contribution in [3.05, 3.63) is 54.0 Å². The SMILES string of the molecule is CC(C)(C)Cn1c(Cc2cccc(O)c2)nc2cccnc21. The highest BCUT2D eigenvalue weighted by atomic mass is 16.3. The summed E-state index contributed by atoms with van der Waals surface area (Å²) >= 11 is 0. The second kappa shape index (κ2) is 5.44. The van der Waals surface area contributed by atoms with Crippen LogP contribution < -0.4 is 0 Å². The predicted molar refractivity (Wildman–Crippen MR) is 87.9 cm³/mol. The molecule has 4 heteroatoms. The molecule has 1 aromatic carbocycles. The van der Waals surface area contributed by atoms with Crippen molar-refractivity contribution < 1.29 is 5.11 Å². The number of phenolic OH excluding ortho intramolecular Hbond substituents is 1. The van der Waals surface area contributed by atoms with E-state index in [4.69, 9.17) is 4.98 Å². The zero-order valence-corrected chi connectivity index (χ0v) is 13.2. The summed E-state index contributed by atoms with van der Waals surface area (Å²) in [5, 5.41) is 9.65. The highest BCUT2D eigenvalue weighted by Crippen LogP contribution is 2.24. The van der Waals surface area contributed by atoms with Gasteiger partial charge in [-0.15, -0.1) is 0 Å². The molecule has 1 N–H and O–H groups in total. The van der Waals surface area contributed by atoms with E-state index in [1.807, 2.05) is 24.3 Å². The molecule has 2 heterocycles. The Morgan fingerprint density at radius 3 is 2.68 bits per heavy atom. The fourth-order valence-corrected chi connectivity index (χ4v) is 2.63. The highest BCUT2D eigenvalue weighted by molar-refractivity contribution is 5.71. The number of nitrogens with zero attached hydrogens (tertiary/aromatic N) is 3. The van der Waals surface area contributed by atoms with Gasteiger partial charge in [0, 0.05) is 19.2 Å². The fourth-order valence-electron chi connectivity index (χ4n) is 2.63. The summed E-state index contributed by atoms with van der Waals surface area (Å²) in [6, 6.07) is 11.2. The van der Waals surface area contributed by atoms with Crippen LogP contribution in [0.2, 0.25) is 0 Å². The van der Waals surface area contributed by atoms with Gasteiger partial charge in [-0.3, -0.25) is 0 Å². The molecule has 0 aliphatic heterocycles. The minimum absolute atomic E-state index is 0.138. The Morgan fingerprint density at radius 1 is 1.14 bits per heavy atom. The van der Waals surface area contributed by atoms with Gasteiger partial charge in [0.15, 0.2) is 5.65 Å². The van der Waals surface area contributed by atoms with Gasteiger partial charge in [0.1, 0.15) is 17.1 Å². The quantitative estimate of drug-likeness (QED) is 0.800. The van der Waals surface area contributed by atoms with Crippen LogP contribution >= 0.6 is 0 Å². The summed E-state index contributed by atoms with van der Waals surface area (Å²) in [4.78, 5) is 9.24. The topological polar surface area (TPSA) is 50.9 Å². The second-order valence-corrected chi connectivity index (χ2v) is 6.87. The van der Waals surface area contributed by atoms with Gasteiger partial charge < -0.3 is 9.67 Å². The first-order valence-electron chi connectivity index (χ1n) is 7.50. The van der Waals surface area contributed by atoms with Crippen molar-refractivity contribution >= 4 is 11.2 Å². The van der Waals surface area contributed by atoms with E-state index in [0.29, 0.717) is 6.42 Å². The molecule has 4 nitrogen and oxygen atoms in total. The van der Waals surface area contributed by atoms with Crippen molar-refractivity contribution in [2.45, 2.75) is 33.7 Å². The zero-order valence-electron chi connectivity index (χ0n) is 13.2. The van der Waals surface area contributed by atoms with Crippen LogP contribution in [0.25, 0.3) is 11.2 Å². The van der Waals surface area contributed by atoms with Gasteiger partial charge >= 0.3 is 0 Å². The standard InChI is InChI=1S/C18H21N3O/c1-18(2,3)12-21-16(11-13-6-4-7-14(22)10-13)20-15-8-5-9-19-17(15)21/h4-10,22H,11-12H2,1-3H3. The van der Waals surface area contributed by atoms with Crippen LogP contribution in [0.3, 0.4) is 0 Å². The molecule has 0 aliphatic rings. The van der Waals surface area contributed by atoms with E-state index >= 15 is 0 Å². The number of aromatic hydroxyl groups is 1. The highest BCUT2D eigenvalue weighted by Gasteiger charge is 2.18. The van der Waals surface area contributed by atoms with Crippen LogP contribution in [0, 0.1) is 5.41 Å². The molecule has 2 aromatic heterocycles. The molecule has 0 atom stereocenters. The average Bonchev–Trinajstić information content (AvgIpc) is 2.75. The Balaban J connectivity index is 2.06. The molecule has 0 saturated heterocycles. The summed E-state index contributed by atoms with van der Waals surface area (Å²) in [6.45, 7) is 7.48. The summed E-state index contributed by atoms with van der Waals surface area (Å²) < 4.78 is 2.19. The minimum atomic E-state index is 0.138. The summed E-state index contributed by atoms with van der Waals surface area (Å²) in [5.74, 6) is 1.27. The first-order valence-corrected chi connectivity index (χ1v) is 7.50. The van der Waals surface area contributed by atoms with E-state index in [-0.39, 0.29) is 11.2 Å². The lowest BCUT2D eigenvalue weighted by Crippen LogP contribution is -2.18. The molecule has 0 spiro atoms. The first-order chi connectivity index (χ1) is 10.4. The van der Waals surface area contributed by atoms with Gasteiger partial charge in [-0.2, -0.15) is 0 Å². The first kappa shape index (κ1) is 14.6. The zero-order chi connectivity index (χ0) is 15.7. The summed E-state index contributed by atoms with van der Waals surface area (Å²) in [7, 11) is 0. The van der Waals surface area contributed by atoms with Crippen LogP contribution in [-0.4, -0.2) is 19.6 Å². The van der Waals surface area contributed by atoms with E-state index in [0.717, 1.165) is 29.1 Å². The van der Waals surface area contributed by atoms with Crippen LogP contribution in [0.5, 0.6) is 5.75 Å². The van der Waals surface area contributed by atoms with Gasteiger partial charge in [0.25, 0.3) is 0 Å². The molecule has 22 heavy (non-hydrogen) atoms. The van der Waals surface area contributed by atoms with Crippen LogP contribution in [0.4, 0.5) is 0 Å². The molecule has 114 valence electrons. The monoisotopic (exact) mass is 295 g/mol. The number of phenols is 1. The summed E-state index contributed by atoms with van der Waals surface area (Å²) in [5.41, 5.74) is 3.03. The van der Waals surface area contributed by atoms with Crippen LogP contribution in [-0.2, 0) is 13.0 Å². The van der Waals surface area contributed by atoms with E-state index in [1.54, 1.807) is 18.3 Å². The van der Waals surface area contributed by atoms with Crippen LogP contribution in [0.15, 0.2) is 42.6 Å². The van der Waals surface area contributed by atoms with E-state index in [1.165, 1.54) is 0 Å². The lowest BCUT2D eigenvalue weighted by atomic mass is 9.96. The smallest absolute Gasteiger partial charge is 0.160 e. The third-order valence-electron chi connectivity index (χ3n) is 3.49. The maximum Gasteiger partial charge on any atom is 0.160 e. The molecular formula is C18H21N3O. The van der Waals surface area contributed by atoms with E-state index < -0.39 is 0 Å². The molecule has 0 unspecified atom stereocenters. The van der Waals surface area contributed by atoms with Crippen molar-refractivity contribution in [2.24, 2.45) is 5.41 Å². The predicted octanol–water partition coefficient (Wildman–Crippen LogP) is 3.77. The Labute approximate surface area is 130 Å². The molecular weight excluding hydrogens is 274 g/mol. The third kappa shape index (κ3) is 3.11. The van der Waals surface area contributed by atoms with Gasteiger partial charge in [0.2, 0.25) is 0 Å².